The number of hydrogen-bond donors (Lipinski definition) is 0. The monoisotopic (exact) mass is 370 g/mol. The Hall–Kier alpha value is -2.27. The van der Waals surface area contributed by atoms with Crippen molar-refractivity contribution in [3.05, 3.63) is 28.8 Å². The fourth-order valence-corrected chi connectivity index (χ4v) is 3.55. The lowest BCUT2D eigenvalue weighted by Crippen LogP contribution is -2.46. The second-order valence-electron chi connectivity index (χ2n) is 5.70. The number of anilines is 1. The van der Waals surface area contributed by atoms with Gasteiger partial charge in [-0.3, -0.25) is 4.90 Å². The third kappa shape index (κ3) is 3.29. The van der Waals surface area contributed by atoms with Gasteiger partial charge >= 0.3 is 6.18 Å². The average Bonchev–Trinajstić information content (AvgIpc) is 3.25. The topological polar surface area (TPSA) is 71.2 Å². The second kappa shape index (κ2) is 6.23. The standard InChI is InChI=1S/C14H13F3N6OS/c15-14(16,17)12-18-19-13(25-12)23-6-4-22(5-7-23)8-9-2-1-3-10-11(9)21-24-20-10/h1-3H,4-8H2. The zero-order chi connectivity index (χ0) is 17.4. The molecule has 0 N–H and O–H groups in total. The Bertz CT molecular complexity index is 871. The number of halogens is 3. The van der Waals surface area contributed by atoms with Gasteiger partial charge in [0.2, 0.25) is 10.1 Å². The molecule has 25 heavy (non-hydrogen) atoms. The fraction of sp³-hybridized carbons (Fsp3) is 0.429. The first-order chi connectivity index (χ1) is 12.0. The molecule has 3 heterocycles. The zero-order valence-electron chi connectivity index (χ0n) is 12.9. The second-order valence-corrected chi connectivity index (χ2v) is 6.66. The molecular weight excluding hydrogens is 357 g/mol. The number of hydrogen-bond acceptors (Lipinski definition) is 8. The summed E-state index contributed by atoms with van der Waals surface area (Å²) in [6.07, 6.45) is -4.44. The van der Waals surface area contributed by atoms with E-state index in [1.165, 1.54) is 0 Å². The Morgan fingerprint density at radius 2 is 1.88 bits per heavy atom. The Morgan fingerprint density at radius 3 is 2.60 bits per heavy atom. The number of aromatic nitrogens is 4. The van der Waals surface area contributed by atoms with E-state index in [1.54, 1.807) is 0 Å². The molecule has 0 spiro atoms. The van der Waals surface area contributed by atoms with Crippen LogP contribution < -0.4 is 4.90 Å². The number of benzene rings is 1. The lowest BCUT2D eigenvalue weighted by Gasteiger charge is -2.34. The van der Waals surface area contributed by atoms with Crippen LogP contribution in [0.15, 0.2) is 22.8 Å². The third-order valence-corrected chi connectivity index (χ3v) is 5.09. The molecule has 0 radical (unpaired) electrons. The van der Waals surface area contributed by atoms with Crippen molar-refractivity contribution in [1.82, 2.24) is 25.4 Å². The van der Waals surface area contributed by atoms with E-state index >= 15 is 0 Å². The number of rotatable bonds is 3. The van der Waals surface area contributed by atoms with Gasteiger partial charge in [0.25, 0.3) is 0 Å². The Morgan fingerprint density at radius 1 is 1.08 bits per heavy atom. The minimum Gasteiger partial charge on any atom is -0.344 e. The van der Waals surface area contributed by atoms with Crippen LogP contribution in [0.5, 0.6) is 0 Å². The molecule has 7 nitrogen and oxygen atoms in total. The molecule has 1 aliphatic rings. The summed E-state index contributed by atoms with van der Waals surface area (Å²) >= 11 is 0.584. The highest BCUT2D eigenvalue weighted by molar-refractivity contribution is 7.15. The molecule has 0 saturated carbocycles. The summed E-state index contributed by atoms with van der Waals surface area (Å²) in [6.45, 7) is 3.30. The van der Waals surface area contributed by atoms with Gasteiger partial charge in [0, 0.05) is 32.7 Å². The van der Waals surface area contributed by atoms with Crippen molar-refractivity contribution in [2.45, 2.75) is 12.7 Å². The van der Waals surface area contributed by atoms with Crippen molar-refractivity contribution in [3.63, 3.8) is 0 Å². The summed E-state index contributed by atoms with van der Waals surface area (Å²) in [6, 6.07) is 5.71. The summed E-state index contributed by atoms with van der Waals surface area (Å²) in [5, 5.41) is 14.1. The van der Waals surface area contributed by atoms with Gasteiger partial charge in [-0.05, 0) is 21.9 Å². The molecule has 0 bridgehead atoms. The molecule has 0 aliphatic carbocycles. The molecule has 0 unspecified atom stereocenters. The van der Waals surface area contributed by atoms with Crippen molar-refractivity contribution in [2.24, 2.45) is 0 Å². The van der Waals surface area contributed by atoms with Gasteiger partial charge in [-0.15, -0.1) is 10.2 Å². The first-order valence-corrected chi connectivity index (χ1v) is 8.40. The van der Waals surface area contributed by atoms with Gasteiger partial charge in [-0.1, -0.05) is 23.5 Å². The summed E-state index contributed by atoms with van der Waals surface area (Å²) in [5.41, 5.74) is 2.47. The van der Waals surface area contributed by atoms with E-state index in [4.69, 9.17) is 4.63 Å². The van der Waals surface area contributed by atoms with Crippen LogP contribution in [-0.2, 0) is 12.7 Å². The SMILES string of the molecule is FC(F)(F)c1nnc(N2CCN(Cc3cccc4nonc34)CC2)s1. The van der Waals surface area contributed by atoms with E-state index < -0.39 is 11.2 Å². The molecule has 1 aromatic carbocycles. The summed E-state index contributed by atoms with van der Waals surface area (Å²) in [4.78, 5) is 4.05. The minimum atomic E-state index is -4.44. The van der Waals surface area contributed by atoms with Crippen LogP contribution >= 0.6 is 11.3 Å². The van der Waals surface area contributed by atoms with Crippen LogP contribution in [0.1, 0.15) is 10.6 Å². The van der Waals surface area contributed by atoms with Gasteiger partial charge in [-0.2, -0.15) is 13.2 Å². The van der Waals surface area contributed by atoms with E-state index in [9.17, 15) is 13.2 Å². The van der Waals surface area contributed by atoms with Crippen molar-refractivity contribution in [1.29, 1.82) is 0 Å². The molecule has 3 aromatic rings. The first-order valence-electron chi connectivity index (χ1n) is 7.59. The third-order valence-electron chi connectivity index (χ3n) is 4.06. The number of alkyl halides is 3. The van der Waals surface area contributed by atoms with E-state index in [-0.39, 0.29) is 0 Å². The molecule has 1 fully saturated rings. The highest BCUT2D eigenvalue weighted by atomic mass is 32.1. The molecule has 11 heteroatoms. The maximum Gasteiger partial charge on any atom is 0.445 e. The minimum absolute atomic E-state index is 0.315. The van der Waals surface area contributed by atoms with Crippen LogP contribution in [0.25, 0.3) is 11.0 Å². The smallest absolute Gasteiger partial charge is 0.344 e. The van der Waals surface area contributed by atoms with Crippen LogP contribution in [0.2, 0.25) is 0 Å². The molecule has 132 valence electrons. The lowest BCUT2D eigenvalue weighted by atomic mass is 10.1. The van der Waals surface area contributed by atoms with Crippen LogP contribution in [-0.4, -0.2) is 51.6 Å². The normalized spacial score (nSPS) is 16.7. The predicted octanol–water partition coefficient (Wildman–Crippen LogP) is 2.42. The molecule has 0 amide bonds. The average molecular weight is 370 g/mol. The molecule has 2 aromatic heterocycles. The highest BCUT2D eigenvalue weighted by Crippen LogP contribution is 2.34. The maximum atomic E-state index is 12.6. The van der Waals surface area contributed by atoms with Crippen LogP contribution in [0.3, 0.4) is 0 Å². The number of fused-ring (bicyclic) bond motifs is 1. The predicted molar refractivity (Wildman–Crippen MR) is 84.2 cm³/mol. The van der Waals surface area contributed by atoms with Crippen molar-refractivity contribution >= 4 is 27.5 Å². The van der Waals surface area contributed by atoms with E-state index in [0.29, 0.717) is 54.7 Å². The molecular formula is C14H13F3N6OS. The van der Waals surface area contributed by atoms with E-state index in [2.05, 4.69) is 25.4 Å². The number of nitrogens with zero attached hydrogens (tertiary/aromatic N) is 6. The van der Waals surface area contributed by atoms with Gasteiger partial charge in [-0.25, -0.2) is 4.63 Å². The van der Waals surface area contributed by atoms with E-state index in [0.717, 1.165) is 11.1 Å². The number of piperazine rings is 1. The van der Waals surface area contributed by atoms with Crippen molar-refractivity contribution in [2.75, 3.05) is 31.1 Å². The summed E-state index contributed by atoms with van der Waals surface area (Å²) in [5.74, 6) is 0. The quantitative estimate of drug-likeness (QED) is 0.701. The largest absolute Gasteiger partial charge is 0.445 e. The maximum absolute atomic E-state index is 12.6. The van der Waals surface area contributed by atoms with Gasteiger partial charge in [0.15, 0.2) is 0 Å². The summed E-state index contributed by atoms with van der Waals surface area (Å²) in [7, 11) is 0. The Labute approximate surface area is 144 Å². The zero-order valence-corrected chi connectivity index (χ0v) is 13.7. The Kier molecular flexibility index (Phi) is 4.04. The van der Waals surface area contributed by atoms with Gasteiger partial charge in [0.05, 0.1) is 0 Å². The molecule has 4 rings (SSSR count). The van der Waals surface area contributed by atoms with Gasteiger partial charge in [0.1, 0.15) is 11.0 Å². The fourth-order valence-electron chi connectivity index (χ4n) is 2.79. The molecule has 0 atom stereocenters. The van der Waals surface area contributed by atoms with E-state index in [1.807, 2.05) is 23.1 Å². The van der Waals surface area contributed by atoms with Crippen molar-refractivity contribution < 1.29 is 17.8 Å². The highest BCUT2D eigenvalue weighted by Gasteiger charge is 2.36. The molecule has 1 aliphatic heterocycles. The van der Waals surface area contributed by atoms with Gasteiger partial charge < -0.3 is 4.90 Å². The first kappa shape index (κ1) is 16.2. The molecule has 1 saturated heterocycles. The summed E-state index contributed by atoms with van der Waals surface area (Å²) < 4.78 is 42.7. The van der Waals surface area contributed by atoms with Crippen LogP contribution in [0.4, 0.5) is 18.3 Å². The Balaban J connectivity index is 1.40. The van der Waals surface area contributed by atoms with Crippen LogP contribution in [0, 0.1) is 0 Å². The lowest BCUT2D eigenvalue weighted by molar-refractivity contribution is -0.138. The van der Waals surface area contributed by atoms with Crippen molar-refractivity contribution in [3.8, 4) is 0 Å².